The number of anilines is 2. The predicted octanol–water partition coefficient (Wildman–Crippen LogP) is 3.57. The van der Waals surface area contributed by atoms with Crippen LogP contribution in [0.3, 0.4) is 0 Å². The molecule has 0 saturated carbocycles. The van der Waals surface area contributed by atoms with Gasteiger partial charge in [-0.25, -0.2) is 0 Å². The van der Waals surface area contributed by atoms with Gasteiger partial charge in [-0.1, -0.05) is 29.8 Å². The van der Waals surface area contributed by atoms with E-state index in [9.17, 15) is 4.79 Å². The molecule has 0 atom stereocenters. The van der Waals surface area contributed by atoms with E-state index in [1.54, 1.807) is 11.5 Å². The van der Waals surface area contributed by atoms with E-state index in [0.29, 0.717) is 6.42 Å². The zero-order chi connectivity index (χ0) is 22.7. The van der Waals surface area contributed by atoms with Crippen LogP contribution >= 0.6 is 23.1 Å². The van der Waals surface area contributed by atoms with Crippen LogP contribution in [0.25, 0.3) is 10.1 Å². The van der Waals surface area contributed by atoms with Crippen molar-refractivity contribution >= 4 is 50.6 Å². The molecular weight excluding hydrogens is 454 g/mol. The summed E-state index contributed by atoms with van der Waals surface area (Å²) in [5.41, 5.74) is 3.05. The minimum Gasteiger partial charge on any atom is -0.356 e. The Labute approximate surface area is 193 Å². The van der Waals surface area contributed by atoms with E-state index in [0.717, 1.165) is 66.8 Å². The number of aromatic nitrogens is 1. The maximum atomic E-state index is 11.6. The highest BCUT2D eigenvalue weighted by Crippen LogP contribution is 2.31. The number of benzene rings is 2. The number of hydrogen-bond donors (Lipinski definition) is 1. The van der Waals surface area contributed by atoms with Gasteiger partial charge in [-0.3, -0.25) is 9.69 Å². The van der Waals surface area contributed by atoms with Gasteiger partial charge in [0.2, 0.25) is 5.91 Å². The number of amides is 1. The first-order chi connectivity index (χ1) is 15.4. The normalized spacial score (nSPS) is 15.8. The van der Waals surface area contributed by atoms with Crippen LogP contribution in [-0.4, -0.2) is 53.0 Å². The highest BCUT2D eigenvalue weighted by molar-refractivity contribution is 7.13. The first-order valence-corrected chi connectivity index (χ1v) is 11.3. The number of rotatable bonds is 4. The molecule has 2 aliphatic rings. The topological polar surface area (TPSA) is 115 Å². The van der Waals surface area contributed by atoms with Crippen molar-refractivity contribution in [3.8, 4) is 0 Å². The number of carbonyl (C=O) groups excluding carboxylic acids is 1. The Morgan fingerprint density at radius 1 is 1.16 bits per heavy atom. The molecule has 168 valence electrons. The van der Waals surface area contributed by atoms with Gasteiger partial charge >= 0.3 is 0 Å². The van der Waals surface area contributed by atoms with E-state index < -0.39 is 5.09 Å². The second-order valence-corrected chi connectivity index (χ2v) is 8.84. The first kappa shape index (κ1) is 22.3. The number of halogens is 1. The van der Waals surface area contributed by atoms with Crippen molar-refractivity contribution in [3.63, 3.8) is 0 Å². The van der Waals surface area contributed by atoms with E-state index >= 15 is 0 Å². The van der Waals surface area contributed by atoms with Crippen LogP contribution in [-0.2, 0) is 17.6 Å². The molecule has 9 nitrogen and oxygen atoms in total. The average Bonchev–Trinajstić information content (AvgIpc) is 3.34. The van der Waals surface area contributed by atoms with Crippen molar-refractivity contribution in [1.82, 2.24) is 9.27 Å². The summed E-state index contributed by atoms with van der Waals surface area (Å²) in [5, 5.41) is 19.6. The number of nitrogens with one attached hydrogen (secondary N) is 1. The fourth-order valence-electron chi connectivity index (χ4n) is 4.05. The Bertz CT molecular complexity index is 1140. The van der Waals surface area contributed by atoms with E-state index in [-0.39, 0.29) is 5.91 Å². The Balaban J connectivity index is 0.000000567. The minimum absolute atomic E-state index is 0.0499. The summed E-state index contributed by atoms with van der Waals surface area (Å²) in [5.74, 6) is 1.17. The molecular formula is C21H21ClN5O4S-. The summed E-state index contributed by atoms with van der Waals surface area (Å²) < 4.78 is 5.94. The molecule has 0 aliphatic carbocycles. The molecule has 1 N–H and O–H groups in total. The molecule has 3 heterocycles. The van der Waals surface area contributed by atoms with E-state index in [1.807, 2.05) is 6.07 Å². The van der Waals surface area contributed by atoms with Gasteiger partial charge in [-0.15, -0.1) is 0 Å². The molecule has 0 bridgehead atoms. The van der Waals surface area contributed by atoms with Crippen LogP contribution in [0.15, 0.2) is 36.4 Å². The molecule has 5 rings (SSSR count). The Morgan fingerprint density at radius 2 is 1.88 bits per heavy atom. The smallest absolute Gasteiger partial charge is 0.228 e. The summed E-state index contributed by atoms with van der Waals surface area (Å²) in [4.78, 5) is 24.7. The van der Waals surface area contributed by atoms with Crippen molar-refractivity contribution in [3.05, 3.63) is 67.9 Å². The SMILES string of the molecule is O=C1Cc2cc(CCN3CCN(c4nsc5ccccc45)CC3)c(Cl)cc2N1.O=[N+]([O-])[O-]. The Hall–Kier alpha value is -2.95. The second kappa shape index (κ2) is 9.68. The third kappa shape index (κ3) is 5.09. The highest BCUT2D eigenvalue weighted by atomic mass is 35.5. The number of hydrogen-bond acceptors (Lipinski definition) is 8. The number of piperazine rings is 1. The summed E-state index contributed by atoms with van der Waals surface area (Å²) in [6.45, 7) is 5.00. The fraction of sp³-hybridized carbons (Fsp3) is 0.333. The van der Waals surface area contributed by atoms with Crippen molar-refractivity contribution in [1.29, 1.82) is 0 Å². The molecule has 2 aliphatic heterocycles. The van der Waals surface area contributed by atoms with Gasteiger partial charge in [0.15, 0.2) is 0 Å². The molecule has 0 unspecified atom stereocenters. The van der Waals surface area contributed by atoms with Crippen LogP contribution in [0.4, 0.5) is 11.5 Å². The molecule has 1 amide bonds. The Kier molecular flexibility index (Phi) is 6.73. The summed E-state index contributed by atoms with van der Waals surface area (Å²) in [7, 11) is 0. The van der Waals surface area contributed by atoms with Crippen molar-refractivity contribution in [2.75, 3.05) is 42.9 Å². The lowest BCUT2D eigenvalue weighted by atomic mass is 10.1. The average molecular weight is 475 g/mol. The van der Waals surface area contributed by atoms with Crippen LogP contribution in [0.2, 0.25) is 5.02 Å². The zero-order valence-corrected chi connectivity index (χ0v) is 18.7. The lowest BCUT2D eigenvalue weighted by Gasteiger charge is -2.35. The molecule has 1 fully saturated rings. The largest absolute Gasteiger partial charge is 0.356 e. The zero-order valence-electron chi connectivity index (χ0n) is 17.1. The van der Waals surface area contributed by atoms with Gasteiger partial charge in [0.1, 0.15) is 5.82 Å². The number of fused-ring (bicyclic) bond motifs is 2. The number of carbonyl (C=O) groups is 1. The highest BCUT2D eigenvalue weighted by Gasteiger charge is 2.22. The van der Waals surface area contributed by atoms with E-state index in [4.69, 9.17) is 26.9 Å². The standard InChI is InChI=1S/C21H21ClN4OS.NO3/c22-17-13-18-15(12-20(27)23-18)11-14(17)5-6-25-7-9-26(10-8-25)21-16-3-1-2-4-19(16)28-24-21;2-1(3)4/h1-4,11,13H,5-10,12H2,(H,23,27);/q;-1. The van der Waals surface area contributed by atoms with Crippen LogP contribution in [0.5, 0.6) is 0 Å². The number of nitrogens with zero attached hydrogens (tertiary/aromatic N) is 4. The second-order valence-electron chi connectivity index (χ2n) is 7.63. The van der Waals surface area contributed by atoms with Gasteiger partial charge in [0.25, 0.3) is 0 Å². The molecule has 11 heteroatoms. The van der Waals surface area contributed by atoms with Crippen LogP contribution in [0.1, 0.15) is 11.1 Å². The molecule has 32 heavy (non-hydrogen) atoms. The first-order valence-electron chi connectivity index (χ1n) is 10.1. The third-order valence-corrected chi connectivity index (χ3v) is 6.79. The van der Waals surface area contributed by atoms with E-state index in [2.05, 4.69) is 49.8 Å². The van der Waals surface area contributed by atoms with Gasteiger partial charge in [0, 0.05) is 48.8 Å². The summed E-state index contributed by atoms with van der Waals surface area (Å²) in [6.07, 6.45) is 1.36. The van der Waals surface area contributed by atoms with Crippen molar-refractivity contribution < 1.29 is 9.88 Å². The van der Waals surface area contributed by atoms with Crippen LogP contribution < -0.4 is 10.2 Å². The maximum Gasteiger partial charge on any atom is 0.228 e. The lowest BCUT2D eigenvalue weighted by molar-refractivity contribution is -0.402. The molecule has 0 radical (unpaired) electrons. The van der Waals surface area contributed by atoms with Gasteiger partial charge < -0.3 is 25.5 Å². The molecule has 3 aromatic rings. The van der Waals surface area contributed by atoms with Gasteiger partial charge in [-0.05, 0) is 47.3 Å². The van der Waals surface area contributed by atoms with Gasteiger partial charge in [0.05, 0.1) is 16.2 Å². The molecule has 1 saturated heterocycles. The minimum atomic E-state index is -1.75. The molecule has 0 spiro atoms. The monoisotopic (exact) mass is 474 g/mol. The lowest BCUT2D eigenvalue weighted by Crippen LogP contribution is -2.47. The van der Waals surface area contributed by atoms with Crippen LogP contribution in [0, 0.1) is 15.3 Å². The van der Waals surface area contributed by atoms with Crippen molar-refractivity contribution in [2.24, 2.45) is 0 Å². The van der Waals surface area contributed by atoms with Gasteiger partial charge in [-0.2, -0.15) is 4.37 Å². The molecule has 2 aromatic carbocycles. The Morgan fingerprint density at radius 3 is 2.62 bits per heavy atom. The summed E-state index contributed by atoms with van der Waals surface area (Å²) in [6, 6.07) is 12.4. The predicted molar refractivity (Wildman–Crippen MR) is 126 cm³/mol. The van der Waals surface area contributed by atoms with E-state index in [1.165, 1.54) is 10.1 Å². The molecule has 1 aromatic heterocycles. The quantitative estimate of drug-likeness (QED) is 0.454. The third-order valence-electron chi connectivity index (χ3n) is 5.62. The summed E-state index contributed by atoms with van der Waals surface area (Å²) >= 11 is 8.01. The maximum absolute atomic E-state index is 11.6. The van der Waals surface area contributed by atoms with Crippen molar-refractivity contribution in [2.45, 2.75) is 12.8 Å². The fourth-order valence-corrected chi connectivity index (χ4v) is 5.11.